The first-order chi connectivity index (χ1) is 24.3. The van der Waals surface area contributed by atoms with Crippen molar-refractivity contribution >= 4 is 82.1 Å². The predicted octanol–water partition coefficient (Wildman–Crippen LogP) is 13.3. The summed E-state index contributed by atoms with van der Waals surface area (Å²) in [6, 6.07) is 60.3. The van der Waals surface area contributed by atoms with Crippen LogP contribution in [0.2, 0.25) is 0 Å². The number of furan rings is 1. The van der Waals surface area contributed by atoms with E-state index >= 15 is 0 Å². The Balaban J connectivity index is 1.11. The van der Waals surface area contributed by atoms with E-state index in [1.807, 2.05) is 12.1 Å². The van der Waals surface area contributed by atoms with E-state index in [2.05, 4.69) is 163 Å². The van der Waals surface area contributed by atoms with Crippen molar-refractivity contribution in [2.45, 2.75) is 0 Å². The van der Waals surface area contributed by atoms with Gasteiger partial charge < -0.3 is 9.32 Å². The molecule has 4 heteroatoms. The van der Waals surface area contributed by atoms with Crippen molar-refractivity contribution < 1.29 is 4.42 Å². The summed E-state index contributed by atoms with van der Waals surface area (Å²) in [4.78, 5) is 7.40. The molecule has 0 N–H and O–H groups in total. The quantitative estimate of drug-likeness (QED) is 0.175. The number of fused-ring (bicyclic) bond motifs is 8. The van der Waals surface area contributed by atoms with E-state index < -0.39 is 0 Å². The largest absolute Gasteiger partial charge is 0.456 e. The summed E-state index contributed by atoms with van der Waals surface area (Å²) >= 11 is 1.77. The third-order valence-electron chi connectivity index (χ3n) is 9.47. The summed E-state index contributed by atoms with van der Waals surface area (Å²) in [6.45, 7) is 0. The molecule has 2 aromatic heterocycles. The van der Waals surface area contributed by atoms with Gasteiger partial charge in [-0.15, -0.1) is 11.3 Å². The van der Waals surface area contributed by atoms with Gasteiger partial charge in [-0.25, -0.2) is 4.98 Å². The van der Waals surface area contributed by atoms with Crippen LogP contribution in [0.1, 0.15) is 0 Å². The second-order valence-corrected chi connectivity index (χ2v) is 13.4. The summed E-state index contributed by atoms with van der Waals surface area (Å²) in [7, 11) is 0. The number of hydrogen-bond donors (Lipinski definition) is 0. The van der Waals surface area contributed by atoms with Gasteiger partial charge in [-0.05, 0) is 87.9 Å². The lowest BCUT2D eigenvalue weighted by Gasteiger charge is -2.26. The molecule has 0 saturated carbocycles. The first kappa shape index (κ1) is 27.8. The highest BCUT2D eigenvalue weighted by atomic mass is 32.1. The van der Waals surface area contributed by atoms with Crippen molar-refractivity contribution in [3.8, 4) is 21.7 Å². The average Bonchev–Trinajstić information content (AvgIpc) is 3.78. The zero-order valence-corrected chi connectivity index (χ0v) is 27.2. The van der Waals surface area contributed by atoms with Crippen molar-refractivity contribution in [3.05, 3.63) is 170 Å². The molecule has 0 saturated heterocycles. The highest BCUT2D eigenvalue weighted by molar-refractivity contribution is 7.22. The fraction of sp³-hybridized carbons (Fsp3) is 0. The Morgan fingerprint density at radius 3 is 1.96 bits per heavy atom. The number of aromatic nitrogens is 1. The summed E-state index contributed by atoms with van der Waals surface area (Å²) in [5.74, 6) is 0. The van der Waals surface area contributed by atoms with E-state index in [9.17, 15) is 0 Å². The van der Waals surface area contributed by atoms with Crippen LogP contribution in [0.15, 0.2) is 174 Å². The Bertz CT molecular complexity index is 2820. The Labute approximate surface area is 286 Å². The van der Waals surface area contributed by atoms with Crippen LogP contribution < -0.4 is 4.90 Å². The summed E-state index contributed by atoms with van der Waals surface area (Å²) < 4.78 is 7.30. The molecule has 0 fully saturated rings. The maximum absolute atomic E-state index is 6.08. The number of thiazole rings is 1. The van der Waals surface area contributed by atoms with Crippen LogP contribution in [0.3, 0.4) is 0 Å². The molecule has 230 valence electrons. The van der Waals surface area contributed by atoms with Gasteiger partial charge in [0.25, 0.3) is 0 Å². The van der Waals surface area contributed by atoms with Crippen molar-refractivity contribution in [1.29, 1.82) is 0 Å². The number of nitrogens with zero attached hydrogens (tertiary/aromatic N) is 2. The van der Waals surface area contributed by atoms with Gasteiger partial charge in [-0.2, -0.15) is 0 Å². The molecule has 3 nitrogen and oxygen atoms in total. The van der Waals surface area contributed by atoms with Gasteiger partial charge in [-0.1, -0.05) is 109 Å². The number of rotatable bonds is 5. The van der Waals surface area contributed by atoms with E-state index in [-0.39, 0.29) is 0 Å². The average molecular weight is 645 g/mol. The van der Waals surface area contributed by atoms with Crippen LogP contribution in [-0.2, 0) is 0 Å². The molecule has 0 amide bonds. The van der Waals surface area contributed by atoms with Gasteiger partial charge in [0.05, 0.1) is 10.2 Å². The van der Waals surface area contributed by atoms with Gasteiger partial charge in [0.15, 0.2) is 0 Å². The van der Waals surface area contributed by atoms with E-state index in [0.29, 0.717) is 0 Å². The monoisotopic (exact) mass is 644 g/mol. The zero-order valence-electron chi connectivity index (χ0n) is 26.4. The standard InChI is InChI=1S/C45H28N2OS/c1-3-9-32(10-4-1)45-46-40-25-20-31-16-15-30-19-24-36(28-38(30)43(31)44(40)49-45)47(34-11-5-2-6-12-34)35-22-17-29(18-23-35)33-21-26-42-39(27-33)37-13-7-8-14-41(37)48-42/h1-28H. The Morgan fingerprint density at radius 1 is 0.449 bits per heavy atom. The molecule has 0 aliphatic rings. The lowest BCUT2D eigenvalue weighted by molar-refractivity contribution is 0.669. The lowest BCUT2D eigenvalue weighted by Crippen LogP contribution is -2.09. The van der Waals surface area contributed by atoms with Crippen LogP contribution in [-0.4, -0.2) is 4.98 Å². The van der Waals surface area contributed by atoms with E-state index in [1.54, 1.807) is 11.3 Å². The summed E-state index contributed by atoms with van der Waals surface area (Å²) in [6.07, 6.45) is 0. The van der Waals surface area contributed by atoms with E-state index in [1.165, 1.54) is 26.2 Å². The molecule has 0 atom stereocenters. The van der Waals surface area contributed by atoms with Crippen LogP contribution in [0, 0.1) is 0 Å². The number of anilines is 3. The van der Waals surface area contributed by atoms with Crippen LogP contribution in [0.25, 0.3) is 75.4 Å². The molecular formula is C45H28N2OS. The zero-order chi connectivity index (χ0) is 32.3. The third kappa shape index (κ3) is 4.68. The Morgan fingerprint density at radius 2 is 1.10 bits per heavy atom. The molecule has 49 heavy (non-hydrogen) atoms. The molecule has 10 rings (SSSR count). The summed E-state index contributed by atoms with van der Waals surface area (Å²) in [5, 5.41) is 8.23. The minimum absolute atomic E-state index is 0.910. The van der Waals surface area contributed by atoms with Crippen LogP contribution in [0.5, 0.6) is 0 Å². The first-order valence-electron chi connectivity index (χ1n) is 16.5. The van der Waals surface area contributed by atoms with Crippen molar-refractivity contribution in [1.82, 2.24) is 4.98 Å². The van der Waals surface area contributed by atoms with E-state index in [4.69, 9.17) is 9.40 Å². The smallest absolute Gasteiger partial charge is 0.135 e. The maximum atomic E-state index is 6.08. The molecule has 0 spiro atoms. The number of benzene rings is 8. The predicted molar refractivity (Wildman–Crippen MR) is 207 cm³/mol. The molecule has 0 radical (unpaired) electrons. The van der Waals surface area contributed by atoms with Crippen LogP contribution >= 0.6 is 11.3 Å². The highest BCUT2D eigenvalue weighted by Gasteiger charge is 2.17. The molecule has 2 heterocycles. The summed E-state index contributed by atoms with van der Waals surface area (Å²) in [5.41, 5.74) is 9.64. The fourth-order valence-corrected chi connectivity index (χ4v) is 8.23. The molecule has 8 aromatic carbocycles. The normalized spacial score (nSPS) is 11.7. The molecule has 0 unspecified atom stereocenters. The second kappa shape index (κ2) is 11.2. The minimum atomic E-state index is 0.910. The number of hydrogen-bond acceptors (Lipinski definition) is 4. The topological polar surface area (TPSA) is 29.3 Å². The minimum Gasteiger partial charge on any atom is -0.456 e. The molecule has 0 aliphatic heterocycles. The third-order valence-corrected chi connectivity index (χ3v) is 10.6. The SMILES string of the molecule is c1ccc(-c2nc3ccc4ccc5ccc(N(c6ccccc6)c6ccc(-c7ccc8oc9ccccc9c8c7)cc6)cc5c4c3s2)cc1. The van der Waals surface area contributed by atoms with Crippen molar-refractivity contribution in [3.63, 3.8) is 0 Å². The van der Waals surface area contributed by atoms with Gasteiger partial charge in [0, 0.05) is 38.8 Å². The van der Waals surface area contributed by atoms with Crippen molar-refractivity contribution in [2.75, 3.05) is 4.90 Å². The Kier molecular flexibility index (Phi) is 6.36. The lowest BCUT2D eigenvalue weighted by atomic mass is 10.00. The van der Waals surface area contributed by atoms with Gasteiger partial charge in [0.2, 0.25) is 0 Å². The molecule has 0 aliphatic carbocycles. The highest BCUT2D eigenvalue weighted by Crippen LogP contribution is 2.42. The number of para-hydroxylation sites is 2. The molecule has 10 aromatic rings. The molecule has 0 bridgehead atoms. The van der Waals surface area contributed by atoms with Crippen molar-refractivity contribution in [2.24, 2.45) is 0 Å². The fourth-order valence-electron chi connectivity index (χ4n) is 7.09. The maximum Gasteiger partial charge on any atom is 0.135 e. The van der Waals surface area contributed by atoms with Gasteiger partial charge in [-0.3, -0.25) is 0 Å². The molecular weight excluding hydrogens is 617 g/mol. The second-order valence-electron chi connectivity index (χ2n) is 12.4. The van der Waals surface area contributed by atoms with Gasteiger partial charge in [0.1, 0.15) is 16.2 Å². The first-order valence-corrected chi connectivity index (χ1v) is 17.3. The van der Waals surface area contributed by atoms with E-state index in [0.717, 1.165) is 66.2 Å². The Hall–Kier alpha value is -6.23. The van der Waals surface area contributed by atoms with Crippen LogP contribution in [0.4, 0.5) is 17.1 Å². The van der Waals surface area contributed by atoms with Gasteiger partial charge >= 0.3 is 0 Å².